The quantitative estimate of drug-likeness (QED) is 0.689. The lowest BCUT2D eigenvalue weighted by Crippen LogP contribution is -2.01. The molecule has 92 valence electrons. The monoisotopic (exact) mass is 243 g/mol. The molecule has 2 N–H and O–H groups in total. The molecule has 0 aliphatic heterocycles. The number of nitrogens with one attached hydrogen (secondary N) is 1. The van der Waals surface area contributed by atoms with Gasteiger partial charge in [0, 0.05) is 30.6 Å². The fourth-order valence-corrected chi connectivity index (χ4v) is 2.06. The maximum atomic E-state index is 8.62. The molecule has 0 amide bonds. The topological polar surface area (TPSA) is 58.0 Å². The predicted octanol–water partition coefficient (Wildman–Crippen LogP) is 2.63. The van der Waals surface area contributed by atoms with Crippen LogP contribution < -0.4 is 5.32 Å². The first-order valence-corrected chi connectivity index (χ1v) is 6.69. The van der Waals surface area contributed by atoms with Crippen LogP contribution in [0, 0.1) is 0 Å². The number of rotatable bonds is 8. The van der Waals surface area contributed by atoms with Crippen LogP contribution in [0.1, 0.15) is 51.3 Å². The largest absolute Gasteiger partial charge is 0.396 e. The Bertz CT molecular complexity index is 289. The zero-order valence-electron chi connectivity index (χ0n) is 10.1. The van der Waals surface area contributed by atoms with Crippen LogP contribution in [-0.4, -0.2) is 27.6 Å². The van der Waals surface area contributed by atoms with Crippen molar-refractivity contribution >= 4 is 16.7 Å². The average molecular weight is 243 g/mol. The summed E-state index contributed by atoms with van der Waals surface area (Å²) >= 11 is 1.43. The summed E-state index contributed by atoms with van der Waals surface area (Å²) in [6, 6.07) is 0. The Balaban J connectivity index is 2.12. The molecule has 16 heavy (non-hydrogen) atoms. The van der Waals surface area contributed by atoms with Crippen molar-refractivity contribution in [1.29, 1.82) is 0 Å². The van der Waals surface area contributed by atoms with Crippen molar-refractivity contribution in [2.24, 2.45) is 0 Å². The van der Waals surface area contributed by atoms with Crippen LogP contribution in [0.2, 0.25) is 0 Å². The van der Waals surface area contributed by atoms with E-state index in [-0.39, 0.29) is 0 Å². The Labute approximate surface area is 101 Å². The molecule has 0 atom stereocenters. The fraction of sp³-hybridized carbons (Fsp3) is 0.818. The third-order valence-electron chi connectivity index (χ3n) is 2.32. The van der Waals surface area contributed by atoms with Crippen LogP contribution in [0.4, 0.5) is 5.13 Å². The van der Waals surface area contributed by atoms with Crippen molar-refractivity contribution in [1.82, 2.24) is 9.36 Å². The van der Waals surface area contributed by atoms with Gasteiger partial charge in [0.05, 0.1) is 0 Å². The van der Waals surface area contributed by atoms with Gasteiger partial charge in [-0.2, -0.15) is 4.37 Å². The SMILES string of the molecule is CC(C)c1nsc(NCCCCCCO)n1. The second-order valence-electron chi connectivity index (χ2n) is 4.18. The van der Waals surface area contributed by atoms with Gasteiger partial charge in [0.1, 0.15) is 5.82 Å². The minimum atomic E-state index is 0.307. The van der Waals surface area contributed by atoms with E-state index in [0.29, 0.717) is 12.5 Å². The van der Waals surface area contributed by atoms with Crippen molar-refractivity contribution in [2.45, 2.75) is 45.4 Å². The summed E-state index contributed by atoms with van der Waals surface area (Å²) in [5.74, 6) is 1.32. The molecule has 0 fully saturated rings. The molecule has 0 spiro atoms. The number of aromatic nitrogens is 2. The normalized spacial score (nSPS) is 11.0. The van der Waals surface area contributed by atoms with Crippen molar-refractivity contribution in [3.63, 3.8) is 0 Å². The maximum absolute atomic E-state index is 8.62. The van der Waals surface area contributed by atoms with E-state index in [9.17, 15) is 0 Å². The van der Waals surface area contributed by atoms with Crippen molar-refractivity contribution in [2.75, 3.05) is 18.5 Å². The molecule has 1 heterocycles. The van der Waals surface area contributed by atoms with Crippen LogP contribution in [0.15, 0.2) is 0 Å². The standard InChI is InChI=1S/C11H21N3OS/c1-9(2)10-13-11(16-14-10)12-7-5-3-4-6-8-15/h9,15H,3-8H2,1-2H3,(H,12,13,14). The lowest BCUT2D eigenvalue weighted by atomic mass is 10.2. The Morgan fingerprint density at radius 1 is 1.25 bits per heavy atom. The van der Waals surface area contributed by atoms with Gasteiger partial charge in [0.25, 0.3) is 0 Å². The lowest BCUT2D eigenvalue weighted by Gasteiger charge is -2.01. The first-order valence-electron chi connectivity index (χ1n) is 5.92. The minimum Gasteiger partial charge on any atom is -0.396 e. The van der Waals surface area contributed by atoms with Gasteiger partial charge < -0.3 is 10.4 Å². The summed E-state index contributed by atoms with van der Waals surface area (Å²) in [4.78, 5) is 4.40. The molecule has 0 saturated carbocycles. The van der Waals surface area contributed by atoms with Crippen molar-refractivity contribution < 1.29 is 5.11 Å². The van der Waals surface area contributed by atoms with Crippen molar-refractivity contribution in [3.05, 3.63) is 5.82 Å². The molecule has 0 aromatic carbocycles. The highest BCUT2D eigenvalue weighted by atomic mass is 32.1. The van der Waals surface area contributed by atoms with Gasteiger partial charge in [-0.25, -0.2) is 4.98 Å². The van der Waals surface area contributed by atoms with E-state index in [0.717, 1.165) is 43.2 Å². The number of aliphatic hydroxyl groups excluding tert-OH is 1. The first kappa shape index (κ1) is 13.4. The summed E-state index contributed by atoms with van der Waals surface area (Å²) < 4.78 is 4.28. The minimum absolute atomic E-state index is 0.307. The van der Waals surface area contributed by atoms with E-state index >= 15 is 0 Å². The molecule has 0 radical (unpaired) electrons. The highest BCUT2D eigenvalue weighted by molar-refractivity contribution is 7.09. The van der Waals surface area contributed by atoms with Gasteiger partial charge in [0.2, 0.25) is 5.13 Å². The molecule has 1 aromatic heterocycles. The highest BCUT2D eigenvalue weighted by Gasteiger charge is 2.06. The molecular weight excluding hydrogens is 222 g/mol. The molecule has 0 aliphatic carbocycles. The number of nitrogens with zero attached hydrogens (tertiary/aromatic N) is 2. The smallest absolute Gasteiger partial charge is 0.202 e. The summed E-state index contributed by atoms with van der Waals surface area (Å²) in [6.45, 7) is 5.45. The van der Waals surface area contributed by atoms with Crippen LogP contribution in [-0.2, 0) is 0 Å². The Kier molecular flexibility index (Phi) is 6.33. The molecular formula is C11H21N3OS. The Hall–Kier alpha value is -0.680. The molecule has 1 aromatic rings. The van der Waals surface area contributed by atoms with Gasteiger partial charge in [0.15, 0.2) is 0 Å². The number of anilines is 1. The van der Waals surface area contributed by atoms with Gasteiger partial charge in [-0.1, -0.05) is 26.7 Å². The first-order chi connectivity index (χ1) is 7.74. The summed E-state index contributed by atoms with van der Waals surface area (Å²) in [5, 5.41) is 12.8. The highest BCUT2D eigenvalue weighted by Crippen LogP contribution is 2.17. The zero-order valence-corrected chi connectivity index (χ0v) is 10.9. The number of aliphatic hydroxyl groups is 1. The van der Waals surface area contributed by atoms with Crippen LogP contribution >= 0.6 is 11.5 Å². The van der Waals surface area contributed by atoms with Gasteiger partial charge in [-0.15, -0.1) is 0 Å². The molecule has 0 saturated heterocycles. The van der Waals surface area contributed by atoms with E-state index in [2.05, 4.69) is 28.5 Å². The van der Waals surface area contributed by atoms with E-state index in [1.54, 1.807) is 0 Å². The van der Waals surface area contributed by atoms with Gasteiger partial charge in [-0.05, 0) is 12.8 Å². The molecule has 0 bridgehead atoms. The number of hydrogen-bond donors (Lipinski definition) is 2. The zero-order chi connectivity index (χ0) is 11.8. The predicted molar refractivity (Wildman–Crippen MR) is 68.0 cm³/mol. The third kappa shape index (κ3) is 4.90. The third-order valence-corrected chi connectivity index (χ3v) is 3.01. The summed E-state index contributed by atoms with van der Waals surface area (Å²) in [7, 11) is 0. The van der Waals surface area contributed by atoms with Crippen LogP contribution in [0.25, 0.3) is 0 Å². The lowest BCUT2D eigenvalue weighted by molar-refractivity contribution is 0.283. The average Bonchev–Trinajstić information content (AvgIpc) is 2.72. The van der Waals surface area contributed by atoms with Crippen LogP contribution in [0.3, 0.4) is 0 Å². The number of unbranched alkanes of at least 4 members (excludes halogenated alkanes) is 3. The van der Waals surface area contributed by atoms with Gasteiger partial charge >= 0.3 is 0 Å². The summed E-state index contributed by atoms with van der Waals surface area (Å²) in [5.41, 5.74) is 0. The molecule has 4 nitrogen and oxygen atoms in total. The summed E-state index contributed by atoms with van der Waals surface area (Å²) in [6.07, 6.45) is 4.29. The Morgan fingerprint density at radius 3 is 2.62 bits per heavy atom. The van der Waals surface area contributed by atoms with E-state index in [1.807, 2.05) is 0 Å². The molecule has 1 rings (SSSR count). The second-order valence-corrected chi connectivity index (χ2v) is 4.93. The van der Waals surface area contributed by atoms with E-state index in [4.69, 9.17) is 5.11 Å². The van der Waals surface area contributed by atoms with Crippen LogP contribution in [0.5, 0.6) is 0 Å². The molecule has 5 heteroatoms. The van der Waals surface area contributed by atoms with Gasteiger partial charge in [-0.3, -0.25) is 0 Å². The van der Waals surface area contributed by atoms with E-state index in [1.165, 1.54) is 11.5 Å². The molecule has 0 aliphatic rings. The van der Waals surface area contributed by atoms with E-state index < -0.39 is 0 Å². The fourth-order valence-electron chi connectivity index (χ4n) is 1.33. The second kappa shape index (κ2) is 7.57. The molecule has 0 unspecified atom stereocenters. The maximum Gasteiger partial charge on any atom is 0.202 e. The Morgan fingerprint density at radius 2 is 2.00 bits per heavy atom. The van der Waals surface area contributed by atoms with Crippen molar-refractivity contribution in [3.8, 4) is 0 Å². The number of hydrogen-bond acceptors (Lipinski definition) is 5.